The van der Waals surface area contributed by atoms with E-state index in [1.165, 1.54) is 16.0 Å². The van der Waals surface area contributed by atoms with E-state index < -0.39 is 0 Å². The molecule has 2 N–H and O–H groups in total. The van der Waals surface area contributed by atoms with Crippen LogP contribution in [0.5, 0.6) is 0 Å². The molecule has 6 heteroatoms. The minimum atomic E-state index is -0.340. The average molecular weight is 434 g/mol. The quantitative estimate of drug-likeness (QED) is 0.704. The van der Waals surface area contributed by atoms with E-state index in [9.17, 15) is 14.4 Å². The molecule has 1 saturated carbocycles. The lowest BCUT2D eigenvalue weighted by Crippen LogP contribution is -2.62. The molecule has 1 heterocycles. The molecule has 168 valence electrons. The molecule has 0 radical (unpaired) electrons. The summed E-state index contributed by atoms with van der Waals surface area (Å²) < 4.78 is 0. The molecule has 2 fully saturated rings. The lowest BCUT2D eigenvalue weighted by Gasteiger charge is -2.42. The minimum Gasteiger partial charge on any atom is -0.356 e. The van der Waals surface area contributed by atoms with E-state index in [0.717, 1.165) is 12.0 Å². The number of rotatable bonds is 7. The number of urea groups is 1. The molecule has 2 aromatic carbocycles. The summed E-state index contributed by atoms with van der Waals surface area (Å²) in [6.07, 6.45) is 3.25. The number of fused-ring (bicyclic) bond motifs is 1. The van der Waals surface area contributed by atoms with Crippen LogP contribution in [0.1, 0.15) is 36.0 Å². The van der Waals surface area contributed by atoms with E-state index in [-0.39, 0.29) is 35.7 Å². The molecule has 6 nitrogen and oxygen atoms in total. The number of hydrogen-bond acceptors (Lipinski definition) is 3. The van der Waals surface area contributed by atoms with Gasteiger partial charge in [-0.25, -0.2) is 4.79 Å². The zero-order valence-electron chi connectivity index (χ0n) is 18.5. The number of hydrogen-bond donors (Lipinski definition) is 2. The van der Waals surface area contributed by atoms with E-state index >= 15 is 0 Å². The van der Waals surface area contributed by atoms with Crippen LogP contribution in [0, 0.1) is 18.8 Å². The molecule has 3 unspecified atom stereocenters. The third-order valence-corrected chi connectivity index (χ3v) is 6.66. The van der Waals surface area contributed by atoms with Gasteiger partial charge in [0.15, 0.2) is 0 Å². The van der Waals surface area contributed by atoms with Crippen molar-refractivity contribution in [1.29, 1.82) is 0 Å². The summed E-state index contributed by atoms with van der Waals surface area (Å²) in [5.41, 5.74) is 3.51. The second kappa shape index (κ2) is 9.98. The van der Waals surface area contributed by atoms with Gasteiger partial charge in [-0.3, -0.25) is 14.5 Å². The Balaban J connectivity index is 1.27. The number of carbonyl (C=O) groups is 3. The lowest BCUT2D eigenvalue weighted by molar-refractivity contribution is -0.139. The Morgan fingerprint density at radius 3 is 2.47 bits per heavy atom. The molecular weight excluding hydrogens is 402 g/mol. The van der Waals surface area contributed by atoms with Gasteiger partial charge in [-0.2, -0.15) is 0 Å². The van der Waals surface area contributed by atoms with E-state index in [1.54, 1.807) is 0 Å². The summed E-state index contributed by atoms with van der Waals surface area (Å²) in [6, 6.07) is 17.6. The van der Waals surface area contributed by atoms with Crippen LogP contribution >= 0.6 is 0 Å². The van der Waals surface area contributed by atoms with Gasteiger partial charge in [0.2, 0.25) is 11.8 Å². The van der Waals surface area contributed by atoms with Crippen LogP contribution in [0.2, 0.25) is 0 Å². The van der Waals surface area contributed by atoms with Crippen molar-refractivity contribution in [3.05, 3.63) is 71.3 Å². The summed E-state index contributed by atoms with van der Waals surface area (Å²) >= 11 is 0. The summed E-state index contributed by atoms with van der Waals surface area (Å²) in [6.45, 7) is 3.02. The van der Waals surface area contributed by atoms with E-state index in [2.05, 4.69) is 41.8 Å². The largest absolute Gasteiger partial charge is 0.356 e. The number of carbonyl (C=O) groups excluding carboxylic acids is 3. The summed E-state index contributed by atoms with van der Waals surface area (Å²) in [5.74, 6) is -0.491. The van der Waals surface area contributed by atoms with Crippen molar-refractivity contribution in [2.75, 3.05) is 13.1 Å². The van der Waals surface area contributed by atoms with E-state index in [0.29, 0.717) is 38.8 Å². The fourth-order valence-corrected chi connectivity index (χ4v) is 4.73. The Hall–Kier alpha value is -3.15. The van der Waals surface area contributed by atoms with Crippen LogP contribution in [-0.2, 0) is 22.4 Å². The van der Waals surface area contributed by atoms with Crippen molar-refractivity contribution >= 4 is 17.8 Å². The zero-order chi connectivity index (χ0) is 22.5. The molecule has 0 bridgehead atoms. The third kappa shape index (κ3) is 5.18. The maximum absolute atomic E-state index is 13.0. The number of nitrogens with one attached hydrogen (secondary N) is 2. The fraction of sp³-hybridized carbons (Fsp3) is 0.423. The maximum atomic E-state index is 13.0. The average Bonchev–Trinajstić information content (AvgIpc) is 2.80. The first-order valence-electron chi connectivity index (χ1n) is 11.5. The highest BCUT2D eigenvalue weighted by molar-refractivity contribution is 5.99. The van der Waals surface area contributed by atoms with Crippen LogP contribution in [-0.4, -0.2) is 41.9 Å². The van der Waals surface area contributed by atoms with Gasteiger partial charge < -0.3 is 10.6 Å². The first-order chi connectivity index (χ1) is 15.5. The predicted octanol–water partition coefficient (Wildman–Crippen LogP) is 3.23. The third-order valence-electron chi connectivity index (χ3n) is 6.66. The molecule has 2 aliphatic rings. The Labute approximate surface area is 189 Å². The number of benzene rings is 2. The first-order valence-corrected chi connectivity index (χ1v) is 11.5. The van der Waals surface area contributed by atoms with Gasteiger partial charge in [0.05, 0.1) is 5.92 Å². The van der Waals surface area contributed by atoms with Crippen molar-refractivity contribution in [2.45, 2.75) is 45.1 Å². The highest BCUT2D eigenvalue weighted by Crippen LogP contribution is 2.33. The fourth-order valence-electron chi connectivity index (χ4n) is 4.73. The van der Waals surface area contributed by atoms with Crippen LogP contribution < -0.4 is 10.6 Å². The summed E-state index contributed by atoms with van der Waals surface area (Å²) in [4.78, 5) is 39.6. The predicted molar refractivity (Wildman–Crippen MR) is 123 cm³/mol. The van der Waals surface area contributed by atoms with Crippen molar-refractivity contribution in [1.82, 2.24) is 15.5 Å². The van der Waals surface area contributed by atoms with Crippen molar-refractivity contribution in [3.63, 3.8) is 0 Å². The highest BCUT2D eigenvalue weighted by atomic mass is 16.2. The van der Waals surface area contributed by atoms with Gasteiger partial charge in [0, 0.05) is 25.0 Å². The molecule has 1 aliphatic carbocycles. The van der Waals surface area contributed by atoms with Gasteiger partial charge in [-0.05, 0) is 50.2 Å². The molecule has 2 aromatic rings. The molecule has 0 spiro atoms. The number of nitrogens with zero attached hydrogens (tertiary/aromatic N) is 1. The standard InChI is InChI=1S/C26H31N3O3/c1-18-7-9-20(10-8-18)13-15-27-24(30)21-11-12-22-23(17-21)28-26(32)29(25(22)31)16-14-19-5-3-2-4-6-19/h2-10,21-23H,11-17H2,1H3,(H,27,30)(H,28,32). The lowest BCUT2D eigenvalue weighted by atomic mass is 9.76. The van der Waals surface area contributed by atoms with Gasteiger partial charge >= 0.3 is 6.03 Å². The second-order valence-corrected chi connectivity index (χ2v) is 8.92. The molecule has 32 heavy (non-hydrogen) atoms. The number of amides is 4. The van der Waals surface area contributed by atoms with E-state index in [4.69, 9.17) is 0 Å². The topological polar surface area (TPSA) is 78.5 Å². The van der Waals surface area contributed by atoms with Crippen LogP contribution in [0.4, 0.5) is 4.79 Å². The Kier molecular flexibility index (Phi) is 6.88. The normalized spacial score (nSPS) is 22.8. The molecule has 1 aliphatic heterocycles. The monoisotopic (exact) mass is 433 g/mol. The molecule has 4 amide bonds. The molecule has 3 atom stereocenters. The van der Waals surface area contributed by atoms with E-state index in [1.807, 2.05) is 30.3 Å². The first kappa shape index (κ1) is 22.1. The smallest absolute Gasteiger partial charge is 0.324 e. The Morgan fingerprint density at radius 2 is 1.72 bits per heavy atom. The Morgan fingerprint density at radius 1 is 1.00 bits per heavy atom. The Bertz CT molecular complexity index is 958. The van der Waals surface area contributed by atoms with Gasteiger partial charge in [-0.1, -0.05) is 60.2 Å². The van der Waals surface area contributed by atoms with Crippen LogP contribution in [0.3, 0.4) is 0 Å². The summed E-state index contributed by atoms with van der Waals surface area (Å²) in [5, 5.41) is 6.03. The highest BCUT2D eigenvalue weighted by Gasteiger charge is 2.45. The maximum Gasteiger partial charge on any atom is 0.324 e. The van der Waals surface area contributed by atoms with Crippen molar-refractivity contribution in [2.24, 2.45) is 11.8 Å². The second-order valence-electron chi connectivity index (χ2n) is 8.92. The van der Waals surface area contributed by atoms with Crippen LogP contribution in [0.15, 0.2) is 54.6 Å². The van der Waals surface area contributed by atoms with Crippen molar-refractivity contribution in [3.8, 4) is 0 Å². The minimum absolute atomic E-state index is 0.0174. The van der Waals surface area contributed by atoms with Gasteiger partial charge in [-0.15, -0.1) is 0 Å². The molecule has 4 rings (SSSR count). The molecular formula is C26H31N3O3. The van der Waals surface area contributed by atoms with Gasteiger partial charge in [0.25, 0.3) is 0 Å². The zero-order valence-corrected chi connectivity index (χ0v) is 18.5. The molecule has 0 aromatic heterocycles. The SMILES string of the molecule is Cc1ccc(CCNC(=O)C2CCC3C(=O)N(CCc4ccccc4)C(=O)NC3C2)cc1. The van der Waals surface area contributed by atoms with Crippen LogP contribution in [0.25, 0.3) is 0 Å². The summed E-state index contributed by atoms with van der Waals surface area (Å²) in [7, 11) is 0. The number of imide groups is 1. The van der Waals surface area contributed by atoms with Crippen molar-refractivity contribution < 1.29 is 14.4 Å². The number of aryl methyl sites for hydroxylation is 1. The molecule has 1 saturated heterocycles. The van der Waals surface area contributed by atoms with Gasteiger partial charge in [0.1, 0.15) is 0 Å².